The highest BCUT2D eigenvalue weighted by Crippen LogP contribution is 2.39. The number of nitriles is 1. The van der Waals surface area contributed by atoms with Crippen molar-refractivity contribution in [3.05, 3.63) is 157 Å². The predicted octanol–water partition coefficient (Wildman–Crippen LogP) is 12.0. The summed E-state index contributed by atoms with van der Waals surface area (Å²) in [5, 5.41) is 14.7. The molecular formula is C43H25NO2. The van der Waals surface area contributed by atoms with E-state index in [4.69, 9.17) is 8.83 Å². The van der Waals surface area contributed by atoms with Crippen LogP contribution in [-0.2, 0) is 0 Å². The number of para-hydroxylation sites is 2. The summed E-state index contributed by atoms with van der Waals surface area (Å²) < 4.78 is 12.3. The van der Waals surface area contributed by atoms with E-state index < -0.39 is 0 Å². The lowest BCUT2D eigenvalue weighted by molar-refractivity contribution is 0.668. The molecule has 0 saturated heterocycles. The summed E-state index contributed by atoms with van der Waals surface area (Å²) in [6.45, 7) is 0. The first kappa shape index (κ1) is 26.1. The van der Waals surface area contributed by atoms with Crippen LogP contribution < -0.4 is 0 Å². The first-order valence-electron chi connectivity index (χ1n) is 15.3. The summed E-state index contributed by atoms with van der Waals surface area (Å²) in [5.41, 5.74) is 12.4. The van der Waals surface area contributed by atoms with Crippen LogP contribution in [0.2, 0.25) is 0 Å². The lowest BCUT2D eigenvalue weighted by atomic mass is 9.90. The van der Waals surface area contributed by atoms with Gasteiger partial charge in [0.1, 0.15) is 22.3 Å². The fourth-order valence-corrected chi connectivity index (χ4v) is 6.63. The van der Waals surface area contributed by atoms with Gasteiger partial charge in [-0.2, -0.15) is 5.26 Å². The van der Waals surface area contributed by atoms with Crippen molar-refractivity contribution in [1.82, 2.24) is 0 Å². The van der Waals surface area contributed by atoms with Crippen LogP contribution >= 0.6 is 0 Å². The van der Waals surface area contributed by atoms with E-state index in [1.807, 2.05) is 60.7 Å². The Morgan fingerprint density at radius 1 is 0.348 bits per heavy atom. The van der Waals surface area contributed by atoms with E-state index in [-0.39, 0.29) is 0 Å². The summed E-state index contributed by atoms with van der Waals surface area (Å²) >= 11 is 0. The second-order valence-corrected chi connectivity index (χ2v) is 11.7. The minimum Gasteiger partial charge on any atom is -0.456 e. The molecule has 0 spiro atoms. The van der Waals surface area contributed by atoms with E-state index in [9.17, 15) is 5.26 Å². The molecule has 0 saturated carbocycles. The highest BCUT2D eigenvalue weighted by Gasteiger charge is 2.15. The zero-order valence-electron chi connectivity index (χ0n) is 24.7. The van der Waals surface area contributed by atoms with E-state index in [1.165, 1.54) is 0 Å². The van der Waals surface area contributed by atoms with Gasteiger partial charge in [-0.15, -0.1) is 0 Å². The Hall–Kier alpha value is -6.37. The van der Waals surface area contributed by atoms with Crippen molar-refractivity contribution in [2.75, 3.05) is 0 Å². The highest BCUT2D eigenvalue weighted by atomic mass is 16.3. The average Bonchev–Trinajstić information content (AvgIpc) is 3.69. The Labute approximate surface area is 265 Å². The molecule has 0 aliphatic rings. The van der Waals surface area contributed by atoms with Gasteiger partial charge in [0.2, 0.25) is 0 Å². The maximum absolute atomic E-state index is 10.3. The van der Waals surface area contributed by atoms with Crippen molar-refractivity contribution in [3.8, 4) is 50.6 Å². The molecule has 3 nitrogen and oxygen atoms in total. The van der Waals surface area contributed by atoms with Crippen molar-refractivity contribution in [2.45, 2.75) is 0 Å². The van der Waals surface area contributed by atoms with Gasteiger partial charge in [-0.1, -0.05) is 91.0 Å². The summed E-state index contributed by atoms with van der Waals surface area (Å²) in [5.74, 6) is 0. The third-order valence-corrected chi connectivity index (χ3v) is 8.91. The molecule has 2 aromatic heterocycles. The van der Waals surface area contributed by atoms with Crippen LogP contribution in [0.5, 0.6) is 0 Å². The van der Waals surface area contributed by atoms with Crippen molar-refractivity contribution in [2.24, 2.45) is 0 Å². The Bertz CT molecular complexity index is 2520. The van der Waals surface area contributed by atoms with Crippen LogP contribution in [0, 0.1) is 11.3 Å². The quantitative estimate of drug-likeness (QED) is 0.206. The largest absolute Gasteiger partial charge is 0.456 e. The first-order chi connectivity index (χ1) is 22.7. The normalized spacial score (nSPS) is 11.5. The van der Waals surface area contributed by atoms with E-state index >= 15 is 0 Å². The third-order valence-electron chi connectivity index (χ3n) is 8.91. The van der Waals surface area contributed by atoms with Gasteiger partial charge < -0.3 is 8.83 Å². The maximum atomic E-state index is 10.3. The number of furan rings is 2. The van der Waals surface area contributed by atoms with Crippen LogP contribution in [0.3, 0.4) is 0 Å². The van der Waals surface area contributed by atoms with Gasteiger partial charge in [-0.05, 0) is 105 Å². The van der Waals surface area contributed by atoms with Gasteiger partial charge >= 0.3 is 0 Å². The molecular weight excluding hydrogens is 562 g/mol. The molecule has 7 aromatic carbocycles. The first-order valence-corrected chi connectivity index (χ1v) is 15.3. The topological polar surface area (TPSA) is 50.1 Å². The fraction of sp³-hybridized carbons (Fsp3) is 0. The van der Waals surface area contributed by atoms with Crippen molar-refractivity contribution < 1.29 is 8.83 Å². The zero-order chi connectivity index (χ0) is 30.6. The summed E-state index contributed by atoms with van der Waals surface area (Å²) in [6.07, 6.45) is 0. The van der Waals surface area contributed by atoms with Gasteiger partial charge in [0.15, 0.2) is 0 Å². The van der Waals surface area contributed by atoms with E-state index in [0.29, 0.717) is 5.56 Å². The molecule has 9 aromatic rings. The van der Waals surface area contributed by atoms with Crippen molar-refractivity contribution >= 4 is 43.9 Å². The number of rotatable bonds is 4. The Balaban J connectivity index is 1.26. The van der Waals surface area contributed by atoms with Crippen molar-refractivity contribution in [1.29, 1.82) is 5.26 Å². The van der Waals surface area contributed by atoms with Gasteiger partial charge in [0, 0.05) is 21.5 Å². The number of hydrogen-bond acceptors (Lipinski definition) is 3. The molecule has 0 atom stereocenters. The molecule has 46 heavy (non-hydrogen) atoms. The summed E-state index contributed by atoms with van der Waals surface area (Å²) in [6, 6.07) is 54.5. The standard InChI is InChI=1S/C43H25NO2/c44-26-34-20-28(27-8-2-1-3-9-27)14-17-35(34)33-22-31(29-15-18-42-38(24-29)36-10-4-6-12-40(36)45-42)21-32(23-33)30-16-19-43-39(25-30)37-11-5-7-13-41(37)46-43/h1-25H. The van der Waals surface area contributed by atoms with Crippen molar-refractivity contribution in [3.63, 3.8) is 0 Å². The van der Waals surface area contributed by atoms with E-state index in [0.717, 1.165) is 88.4 Å². The minimum atomic E-state index is 0.636. The Kier molecular flexibility index (Phi) is 5.88. The predicted molar refractivity (Wildman–Crippen MR) is 187 cm³/mol. The van der Waals surface area contributed by atoms with E-state index in [2.05, 4.69) is 97.1 Å². The molecule has 0 aliphatic heterocycles. The SMILES string of the molecule is N#Cc1cc(-c2ccccc2)ccc1-c1cc(-c2ccc3oc4ccccc4c3c2)cc(-c2ccc3oc4ccccc4c3c2)c1. The van der Waals surface area contributed by atoms with Crippen LogP contribution in [0.4, 0.5) is 0 Å². The molecule has 2 heterocycles. The monoisotopic (exact) mass is 587 g/mol. The van der Waals surface area contributed by atoms with Crippen LogP contribution in [0.15, 0.2) is 160 Å². The Morgan fingerprint density at radius 3 is 1.41 bits per heavy atom. The van der Waals surface area contributed by atoms with Crippen LogP contribution in [0.1, 0.15) is 5.56 Å². The fourth-order valence-electron chi connectivity index (χ4n) is 6.63. The smallest absolute Gasteiger partial charge is 0.135 e. The lowest BCUT2D eigenvalue weighted by Crippen LogP contribution is -1.90. The van der Waals surface area contributed by atoms with E-state index in [1.54, 1.807) is 0 Å². The summed E-state index contributed by atoms with van der Waals surface area (Å²) in [7, 11) is 0. The van der Waals surface area contributed by atoms with Gasteiger partial charge in [-0.3, -0.25) is 0 Å². The van der Waals surface area contributed by atoms with Gasteiger partial charge in [0.05, 0.1) is 11.6 Å². The molecule has 0 aliphatic carbocycles. The molecule has 0 amide bonds. The molecule has 0 bridgehead atoms. The number of hydrogen-bond donors (Lipinski definition) is 0. The second kappa shape index (κ2) is 10.4. The Morgan fingerprint density at radius 2 is 0.826 bits per heavy atom. The van der Waals surface area contributed by atoms with Gasteiger partial charge in [0.25, 0.3) is 0 Å². The molecule has 0 N–H and O–H groups in total. The highest BCUT2D eigenvalue weighted by molar-refractivity contribution is 6.07. The maximum Gasteiger partial charge on any atom is 0.135 e. The average molecular weight is 588 g/mol. The zero-order valence-corrected chi connectivity index (χ0v) is 24.7. The molecule has 0 unspecified atom stereocenters. The summed E-state index contributed by atoms with van der Waals surface area (Å²) in [4.78, 5) is 0. The van der Waals surface area contributed by atoms with Crippen LogP contribution in [-0.4, -0.2) is 0 Å². The molecule has 0 radical (unpaired) electrons. The molecule has 214 valence electrons. The number of nitrogens with zero attached hydrogens (tertiary/aromatic N) is 1. The molecule has 9 rings (SSSR count). The lowest BCUT2D eigenvalue weighted by Gasteiger charge is -2.13. The molecule has 3 heteroatoms. The molecule has 0 fully saturated rings. The second-order valence-electron chi connectivity index (χ2n) is 11.7. The minimum absolute atomic E-state index is 0.636. The van der Waals surface area contributed by atoms with Crippen LogP contribution in [0.25, 0.3) is 88.4 Å². The number of fused-ring (bicyclic) bond motifs is 6. The van der Waals surface area contributed by atoms with Gasteiger partial charge in [-0.25, -0.2) is 0 Å². The number of benzene rings is 7. The third kappa shape index (κ3) is 4.28.